The minimum absolute atomic E-state index is 0.205. The number of urea groups is 1. The zero-order valence-corrected chi connectivity index (χ0v) is 13.8. The molecule has 24 heavy (non-hydrogen) atoms. The average Bonchev–Trinajstić information content (AvgIpc) is 2.55. The van der Waals surface area contributed by atoms with E-state index in [1.807, 2.05) is 13.8 Å². The Morgan fingerprint density at radius 3 is 2.25 bits per heavy atom. The first-order valence-electron chi connectivity index (χ1n) is 7.64. The molecule has 3 amide bonds. The molecule has 1 aromatic carbocycles. The highest BCUT2D eigenvalue weighted by atomic mass is 16.5. The number of ether oxygens (including phenoxy) is 3. The van der Waals surface area contributed by atoms with E-state index >= 15 is 0 Å². The zero-order valence-electron chi connectivity index (χ0n) is 13.8. The number of benzene rings is 1. The van der Waals surface area contributed by atoms with Gasteiger partial charge in [0.15, 0.2) is 18.1 Å². The van der Waals surface area contributed by atoms with Crippen molar-refractivity contribution in [3.05, 3.63) is 23.8 Å². The van der Waals surface area contributed by atoms with Crippen LogP contribution in [0.3, 0.4) is 0 Å². The number of carbonyl (C=O) groups excluding carboxylic acids is 3. The van der Waals surface area contributed by atoms with Crippen molar-refractivity contribution >= 4 is 17.9 Å². The summed E-state index contributed by atoms with van der Waals surface area (Å²) >= 11 is 0. The predicted octanol–water partition coefficient (Wildman–Crippen LogP) is 1.62. The van der Waals surface area contributed by atoms with Gasteiger partial charge in [-0.3, -0.25) is 10.1 Å². The van der Waals surface area contributed by atoms with Crippen molar-refractivity contribution in [3.8, 4) is 11.5 Å². The number of esters is 1. The quantitative estimate of drug-likeness (QED) is 0.661. The standard InChI is InChI=1S/C16H22N2O6/c1-3-7-22-12-6-5-11(9-13(12)23-8-4-2)15(20)24-10-14(19)18-16(17)21/h5-6,9H,3-4,7-8,10H2,1-2H3,(H3,17,18,19,21). The molecule has 0 bridgehead atoms. The molecule has 0 radical (unpaired) electrons. The molecule has 8 heteroatoms. The van der Waals surface area contributed by atoms with E-state index in [1.165, 1.54) is 12.1 Å². The van der Waals surface area contributed by atoms with Gasteiger partial charge in [0.25, 0.3) is 5.91 Å². The van der Waals surface area contributed by atoms with Crippen molar-refractivity contribution in [2.75, 3.05) is 19.8 Å². The second-order valence-electron chi connectivity index (χ2n) is 4.85. The summed E-state index contributed by atoms with van der Waals surface area (Å²) in [5.74, 6) is -0.561. The Hall–Kier alpha value is -2.77. The number of rotatable bonds is 9. The maximum absolute atomic E-state index is 12.0. The van der Waals surface area contributed by atoms with Crippen LogP contribution in [0.5, 0.6) is 11.5 Å². The van der Waals surface area contributed by atoms with Gasteiger partial charge in [0, 0.05) is 0 Å². The topological polar surface area (TPSA) is 117 Å². The highest BCUT2D eigenvalue weighted by Crippen LogP contribution is 2.29. The van der Waals surface area contributed by atoms with Crippen molar-refractivity contribution < 1.29 is 28.6 Å². The van der Waals surface area contributed by atoms with Crippen LogP contribution in [-0.2, 0) is 9.53 Å². The Morgan fingerprint density at radius 2 is 1.67 bits per heavy atom. The Morgan fingerprint density at radius 1 is 1.04 bits per heavy atom. The summed E-state index contributed by atoms with van der Waals surface area (Å²) in [5.41, 5.74) is 5.00. The number of hydrogen-bond acceptors (Lipinski definition) is 6. The van der Waals surface area contributed by atoms with Gasteiger partial charge >= 0.3 is 12.0 Å². The summed E-state index contributed by atoms with van der Waals surface area (Å²) in [5, 5.41) is 1.80. The Kier molecular flexibility index (Phi) is 8.10. The maximum Gasteiger partial charge on any atom is 0.338 e. The molecule has 8 nitrogen and oxygen atoms in total. The van der Waals surface area contributed by atoms with Gasteiger partial charge in [0.05, 0.1) is 18.8 Å². The summed E-state index contributed by atoms with van der Waals surface area (Å²) < 4.78 is 16.0. The van der Waals surface area contributed by atoms with E-state index in [0.29, 0.717) is 24.7 Å². The molecule has 0 fully saturated rings. The van der Waals surface area contributed by atoms with E-state index < -0.39 is 24.5 Å². The lowest BCUT2D eigenvalue weighted by Crippen LogP contribution is -2.37. The second kappa shape index (κ2) is 10.1. The van der Waals surface area contributed by atoms with E-state index in [-0.39, 0.29) is 5.56 Å². The summed E-state index contributed by atoms with van der Waals surface area (Å²) in [4.78, 5) is 33.7. The van der Waals surface area contributed by atoms with Gasteiger partial charge in [-0.25, -0.2) is 9.59 Å². The molecular formula is C16H22N2O6. The number of carbonyl (C=O) groups is 3. The highest BCUT2D eigenvalue weighted by Gasteiger charge is 2.15. The molecule has 0 aliphatic carbocycles. The van der Waals surface area contributed by atoms with Gasteiger partial charge in [-0.2, -0.15) is 0 Å². The predicted molar refractivity (Wildman–Crippen MR) is 86.0 cm³/mol. The third kappa shape index (κ3) is 6.55. The van der Waals surface area contributed by atoms with Gasteiger partial charge in [0.2, 0.25) is 0 Å². The molecular weight excluding hydrogens is 316 g/mol. The van der Waals surface area contributed by atoms with E-state index in [9.17, 15) is 14.4 Å². The summed E-state index contributed by atoms with van der Waals surface area (Å²) in [6.45, 7) is 4.33. The van der Waals surface area contributed by atoms with Crippen LogP contribution in [0.2, 0.25) is 0 Å². The SMILES string of the molecule is CCCOc1ccc(C(=O)OCC(=O)NC(N)=O)cc1OCCC. The van der Waals surface area contributed by atoms with Gasteiger partial charge in [-0.05, 0) is 31.0 Å². The van der Waals surface area contributed by atoms with E-state index in [0.717, 1.165) is 12.8 Å². The first-order valence-corrected chi connectivity index (χ1v) is 7.64. The molecule has 0 heterocycles. The minimum Gasteiger partial charge on any atom is -0.490 e. The van der Waals surface area contributed by atoms with Crippen LogP contribution >= 0.6 is 0 Å². The van der Waals surface area contributed by atoms with Crippen molar-refractivity contribution in [3.63, 3.8) is 0 Å². The fourth-order valence-corrected chi connectivity index (χ4v) is 1.68. The lowest BCUT2D eigenvalue weighted by Gasteiger charge is -2.13. The van der Waals surface area contributed by atoms with Crippen molar-refractivity contribution in [2.24, 2.45) is 5.73 Å². The fourth-order valence-electron chi connectivity index (χ4n) is 1.68. The highest BCUT2D eigenvalue weighted by molar-refractivity contribution is 5.96. The van der Waals surface area contributed by atoms with E-state index in [2.05, 4.69) is 0 Å². The third-order valence-corrected chi connectivity index (χ3v) is 2.70. The molecule has 0 spiro atoms. The van der Waals surface area contributed by atoms with Crippen LogP contribution in [0.4, 0.5) is 4.79 Å². The zero-order chi connectivity index (χ0) is 17.9. The first kappa shape index (κ1) is 19.3. The summed E-state index contributed by atoms with van der Waals surface area (Å²) in [6, 6.07) is 3.61. The Balaban J connectivity index is 2.77. The number of primary amides is 1. The molecule has 3 N–H and O–H groups in total. The number of hydrogen-bond donors (Lipinski definition) is 2. The molecule has 0 aliphatic heterocycles. The van der Waals surface area contributed by atoms with Gasteiger partial charge in [-0.15, -0.1) is 0 Å². The Bertz CT molecular complexity index is 588. The fraction of sp³-hybridized carbons (Fsp3) is 0.438. The lowest BCUT2D eigenvalue weighted by molar-refractivity contribution is -0.123. The smallest absolute Gasteiger partial charge is 0.338 e. The van der Waals surface area contributed by atoms with Crippen molar-refractivity contribution in [1.82, 2.24) is 5.32 Å². The van der Waals surface area contributed by atoms with Gasteiger partial charge in [-0.1, -0.05) is 13.8 Å². The second-order valence-corrected chi connectivity index (χ2v) is 4.85. The van der Waals surface area contributed by atoms with Crippen LogP contribution in [0.25, 0.3) is 0 Å². The molecule has 0 saturated heterocycles. The van der Waals surface area contributed by atoms with Crippen molar-refractivity contribution in [2.45, 2.75) is 26.7 Å². The van der Waals surface area contributed by atoms with Crippen LogP contribution in [0.15, 0.2) is 18.2 Å². The Labute approximate surface area is 140 Å². The molecule has 0 aromatic heterocycles. The van der Waals surface area contributed by atoms with Crippen LogP contribution in [0, 0.1) is 0 Å². The largest absolute Gasteiger partial charge is 0.490 e. The third-order valence-electron chi connectivity index (χ3n) is 2.70. The molecule has 0 atom stereocenters. The van der Waals surface area contributed by atoms with Crippen LogP contribution < -0.4 is 20.5 Å². The van der Waals surface area contributed by atoms with Gasteiger partial charge in [0.1, 0.15) is 0 Å². The lowest BCUT2D eigenvalue weighted by atomic mass is 10.2. The van der Waals surface area contributed by atoms with Gasteiger partial charge < -0.3 is 19.9 Å². The summed E-state index contributed by atoms with van der Waals surface area (Å²) in [7, 11) is 0. The molecule has 1 rings (SSSR count). The normalized spacial score (nSPS) is 9.92. The minimum atomic E-state index is -1.01. The number of nitrogens with two attached hydrogens (primary N) is 1. The molecule has 1 aromatic rings. The maximum atomic E-state index is 12.0. The van der Waals surface area contributed by atoms with E-state index in [1.54, 1.807) is 11.4 Å². The molecule has 0 aliphatic rings. The number of amides is 3. The van der Waals surface area contributed by atoms with Crippen LogP contribution in [0.1, 0.15) is 37.0 Å². The van der Waals surface area contributed by atoms with Crippen molar-refractivity contribution in [1.29, 1.82) is 0 Å². The monoisotopic (exact) mass is 338 g/mol. The molecule has 0 unspecified atom stereocenters. The number of nitrogens with one attached hydrogen (secondary N) is 1. The molecule has 132 valence electrons. The van der Waals surface area contributed by atoms with E-state index in [4.69, 9.17) is 19.9 Å². The molecule has 0 saturated carbocycles. The number of imide groups is 1. The summed E-state index contributed by atoms with van der Waals surface area (Å²) in [6.07, 6.45) is 1.64. The van der Waals surface area contributed by atoms with Crippen LogP contribution in [-0.4, -0.2) is 37.7 Å². The first-order chi connectivity index (χ1) is 11.5. The average molecular weight is 338 g/mol.